The molecule has 1 aliphatic heterocycles. The number of amides is 1. The number of hydrogen-bond donors (Lipinski definition) is 1. The van der Waals surface area contributed by atoms with Gasteiger partial charge in [-0.25, -0.2) is 0 Å². The number of hydrogen-bond acceptors (Lipinski definition) is 3. The minimum Gasteiger partial charge on any atom is -0.372 e. The molecule has 16 heavy (non-hydrogen) atoms. The van der Waals surface area contributed by atoms with Crippen molar-refractivity contribution in [3.05, 3.63) is 0 Å². The average molecular weight is 228 g/mol. The summed E-state index contributed by atoms with van der Waals surface area (Å²) in [6.45, 7) is 8.29. The predicted molar refractivity (Wildman–Crippen MR) is 64.4 cm³/mol. The lowest BCUT2D eigenvalue weighted by atomic mass is 10.0. The van der Waals surface area contributed by atoms with Gasteiger partial charge in [-0.1, -0.05) is 6.92 Å². The summed E-state index contributed by atoms with van der Waals surface area (Å²) in [7, 11) is 0. The minimum absolute atomic E-state index is 0.0239. The molecule has 4 nitrogen and oxygen atoms in total. The van der Waals surface area contributed by atoms with Crippen LogP contribution in [0.4, 0.5) is 0 Å². The van der Waals surface area contributed by atoms with Crippen molar-refractivity contribution in [1.82, 2.24) is 10.2 Å². The van der Waals surface area contributed by atoms with Crippen LogP contribution in [0.5, 0.6) is 0 Å². The van der Waals surface area contributed by atoms with E-state index in [1.54, 1.807) is 0 Å². The second kappa shape index (κ2) is 7.63. The summed E-state index contributed by atoms with van der Waals surface area (Å²) < 4.78 is 5.07. The number of ether oxygens (including phenoxy) is 1. The van der Waals surface area contributed by atoms with Crippen molar-refractivity contribution in [2.24, 2.45) is 0 Å². The number of rotatable bonds is 6. The fourth-order valence-electron chi connectivity index (χ4n) is 2.08. The Morgan fingerprint density at radius 1 is 1.38 bits per heavy atom. The molecule has 0 aromatic rings. The van der Waals surface area contributed by atoms with Crippen molar-refractivity contribution in [2.75, 3.05) is 32.8 Å². The summed E-state index contributed by atoms with van der Waals surface area (Å²) >= 11 is 0. The van der Waals surface area contributed by atoms with Gasteiger partial charge >= 0.3 is 0 Å². The van der Waals surface area contributed by atoms with Gasteiger partial charge in [0.2, 0.25) is 5.91 Å². The molecule has 1 saturated heterocycles. The van der Waals surface area contributed by atoms with Gasteiger partial charge in [0, 0.05) is 25.7 Å². The first kappa shape index (κ1) is 13.5. The van der Waals surface area contributed by atoms with Crippen LogP contribution >= 0.6 is 0 Å². The largest absolute Gasteiger partial charge is 0.372 e. The molecule has 0 bridgehead atoms. The van der Waals surface area contributed by atoms with Gasteiger partial charge in [0.15, 0.2) is 0 Å². The summed E-state index contributed by atoms with van der Waals surface area (Å²) in [5.41, 5.74) is 0. The third-order valence-corrected chi connectivity index (χ3v) is 2.93. The molecule has 1 aliphatic rings. The standard InChI is InChI=1S/C12H24N2O2/c1-3-7-14-8-5-11(6-9-14)13-12(15)10-16-4-2/h11H,3-10H2,1-2H3,(H,13,15). The second-order valence-corrected chi connectivity index (χ2v) is 4.32. The van der Waals surface area contributed by atoms with Crippen LogP contribution in [0.15, 0.2) is 0 Å². The van der Waals surface area contributed by atoms with E-state index in [1.165, 1.54) is 13.0 Å². The Labute approximate surface area is 98.3 Å². The monoisotopic (exact) mass is 228 g/mol. The number of carbonyl (C=O) groups is 1. The Balaban J connectivity index is 2.14. The van der Waals surface area contributed by atoms with Gasteiger partial charge in [-0.15, -0.1) is 0 Å². The third-order valence-electron chi connectivity index (χ3n) is 2.93. The van der Waals surface area contributed by atoms with Gasteiger partial charge in [0.1, 0.15) is 6.61 Å². The first-order chi connectivity index (χ1) is 7.76. The maximum Gasteiger partial charge on any atom is 0.246 e. The van der Waals surface area contributed by atoms with Crippen molar-refractivity contribution < 1.29 is 9.53 Å². The van der Waals surface area contributed by atoms with E-state index in [1.807, 2.05) is 6.92 Å². The normalized spacial score (nSPS) is 18.6. The molecule has 94 valence electrons. The summed E-state index contributed by atoms with van der Waals surface area (Å²) in [6, 6.07) is 0.348. The topological polar surface area (TPSA) is 41.6 Å². The molecule has 0 aliphatic carbocycles. The van der Waals surface area contributed by atoms with Crippen LogP contribution < -0.4 is 5.32 Å². The molecule has 0 aromatic carbocycles. The lowest BCUT2D eigenvalue weighted by Gasteiger charge is -2.32. The summed E-state index contributed by atoms with van der Waals surface area (Å²) in [5.74, 6) is 0.0239. The van der Waals surface area contributed by atoms with Crippen LogP contribution in [0.25, 0.3) is 0 Å². The zero-order valence-electron chi connectivity index (χ0n) is 10.5. The third kappa shape index (κ3) is 4.94. The van der Waals surface area contributed by atoms with Gasteiger partial charge < -0.3 is 15.0 Å². The van der Waals surface area contributed by atoms with E-state index in [0.29, 0.717) is 12.6 Å². The molecule has 0 atom stereocenters. The summed E-state index contributed by atoms with van der Waals surface area (Å²) in [6.07, 6.45) is 3.34. The second-order valence-electron chi connectivity index (χ2n) is 4.32. The highest BCUT2D eigenvalue weighted by atomic mass is 16.5. The van der Waals surface area contributed by atoms with Gasteiger partial charge in [-0.05, 0) is 32.7 Å². The van der Waals surface area contributed by atoms with E-state index < -0.39 is 0 Å². The smallest absolute Gasteiger partial charge is 0.246 e. The molecule has 0 radical (unpaired) electrons. The minimum atomic E-state index is 0.0239. The Morgan fingerprint density at radius 2 is 2.06 bits per heavy atom. The highest BCUT2D eigenvalue weighted by molar-refractivity contribution is 5.77. The van der Waals surface area contributed by atoms with Crippen molar-refractivity contribution in [1.29, 1.82) is 0 Å². The number of nitrogens with one attached hydrogen (secondary N) is 1. The maximum absolute atomic E-state index is 11.4. The van der Waals surface area contributed by atoms with Crippen molar-refractivity contribution >= 4 is 5.91 Å². The molecule has 4 heteroatoms. The van der Waals surface area contributed by atoms with Crippen molar-refractivity contribution in [3.8, 4) is 0 Å². The zero-order chi connectivity index (χ0) is 11.8. The van der Waals surface area contributed by atoms with Crippen LogP contribution in [0.2, 0.25) is 0 Å². The quantitative estimate of drug-likeness (QED) is 0.738. The van der Waals surface area contributed by atoms with Gasteiger partial charge in [0.25, 0.3) is 0 Å². The molecule has 1 rings (SSSR count). The van der Waals surface area contributed by atoms with E-state index in [9.17, 15) is 4.79 Å². The molecule has 1 N–H and O–H groups in total. The van der Waals surface area contributed by atoms with Crippen molar-refractivity contribution in [3.63, 3.8) is 0 Å². The lowest BCUT2D eigenvalue weighted by Crippen LogP contribution is -2.45. The lowest BCUT2D eigenvalue weighted by molar-refractivity contribution is -0.126. The summed E-state index contributed by atoms with van der Waals surface area (Å²) in [4.78, 5) is 13.9. The molecule has 0 unspecified atom stereocenters. The van der Waals surface area contributed by atoms with E-state index in [4.69, 9.17) is 4.74 Å². The molecule has 1 heterocycles. The Kier molecular flexibility index (Phi) is 6.42. The van der Waals surface area contributed by atoms with E-state index >= 15 is 0 Å². The van der Waals surface area contributed by atoms with E-state index in [0.717, 1.165) is 25.9 Å². The Morgan fingerprint density at radius 3 is 2.62 bits per heavy atom. The fourth-order valence-corrected chi connectivity index (χ4v) is 2.08. The fraction of sp³-hybridized carbons (Fsp3) is 0.917. The van der Waals surface area contributed by atoms with Crippen LogP contribution in [-0.4, -0.2) is 49.7 Å². The average Bonchev–Trinajstić information content (AvgIpc) is 2.29. The molecular weight excluding hydrogens is 204 g/mol. The highest BCUT2D eigenvalue weighted by Gasteiger charge is 2.19. The van der Waals surface area contributed by atoms with Gasteiger partial charge in [0.05, 0.1) is 0 Å². The predicted octanol–water partition coefficient (Wildman–Crippen LogP) is 1.01. The number of nitrogens with zero attached hydrogens (tertiary/aromatic N) is 1. The molecule has 1 fully saturated rings. The van der Waals surface area contributed by atoms with Gasteiger partial charge in [-0.2, -0.15) is 0 Å². The molecular formula is C12H24N2O2. The molecule has 0 spiro atoms. The molecule has 1 amide bonds. The van der Waals surface area contributed by atoms with Crippen LogP contribution in [-0.2, 0) is 9.53 Å². The first-order valence-electron chi connectivity index (χ1n) is 6.35. The Hall–Kier alpha value is -0.610. The Bertz CT molecular complexity index is 201. The highest BCUT2D eigenvalue weighted by Crippen LogP contribution is 2.10. The molecule has 0 aromatic heterocycles. The first-order valence-corrected chi connectivity index (χ1v) is 6.35. The molecule has 0 saturated carbocycles. The van der Waals surface area contributed by atoms with Crippen LogP contribution in [0.3, 0.4) is 0 Å². The summed E-state index contributed by atoms with van der Waals surface area (Å²) in [5, 5.41) is 3.03. The van der Waals surface area contributed by atoms with Crippen LogP contribution in [0.1, 0.15) is 33.1 Å². The van der Waals surface area contributed by atoms with Crippen molar-refractivity contribution in [2.45, 2.75) is 39.2 Å². The number of likely N-dealkylation sites (tertiary alicyclic amines) is 1. The van der Waals surface area contributed by atoms with E-state index in [-0.39, 0.29) is 12.5 Å². The van der Waals surface area contributed by atoms with Gasteiger partial charge in [-0.3, -0.25) is 4.79 Å². The number of carbonyl (C=O) groups excluding carboxylic acids is 1. The van der Waals surface area contributed by atoms with E-state index in [2.05, 4.69) is 17.1 Å². The zero-order valence-corrected chi connectivity index (χ0v) is 10.5. The van der Waals surface area contributed by atoms with Crippen LogP contribution in [0, 0.1) is 0 Å². The SMILES string of the molecule is CCCN1CCC(NC(=O)COCC)CC1. The number of piperidine rings is 1. The maximum atomic E-state index is 11.4.